The van der Waals surface area contributed by atoms with Gasteiger partial charge in [-0.15, -0.1) is 0 Å². The number of likely N-dealkylation sites (N-methyl/N-ethyl adjacent to an activating group) is 1. The van der Waals surface area contributed by atoms with E-state index in [1.54, 1.807) is 0 Å². The van der Waals surface area contributed by atoms with E-state index in [1.165, 1.54) is 34.9 Å². The van der Waals surface area contributed by atoms with Crippen molar-refractivity contribution in [2.75, 3.05) is 14.1 Å². The highest BCUT2D eigenvalue weighted by Gasteiger charge is 2.44. The average Bonchev–Trinajstić information content (AvgIpc) is 2.09. The molecule has 1 N–H and O–H groups in total. The van der Waals surface area contributed by atoms with E-state index in [1.807, 2.05) is 0 Å². The zero-order valence-electron chi connectivity index (χ0n) is 11.6. The lowest BCUT2D eigenvalue weighted by Crippen LogP contribution is -2.57. The molecular formula is C11H19F3N2O3. The Morgan fingerprint density at radius 1 is 1.16 bits per heavy atom. The molecule has 0 spiro atoms. The average molecular weight is 284 g/mol. The molecule has 0 fully saturated rings. The monoisotopic (exact) mass is 284 g/mol. The maximum atomic E-state index is 12.6. The van der Waals surface area contributed by atoms with Gasteiger partial charge in [0.05, 0.1) is 6.42 Å². The van der Waals surface area contributed by atoms with Crippen LogP contribution in [0, 0.1) is 0 Å². The van der Waals surface area contributed by atoms with E-state index < -0.39 is 36.2 Å². The number of carboxylic acid groups (broad SMARTS) is 1. The largest absolute Gasteiger partial charge is 0.465 e. The van der Waals surface area contributed by atoms with Crippen molar-refractivity contribution < 1.29 is 27.9 Å². The SMILES string of the molecule is CN(C)C(=O)C(CC(F)(F)F)N(C(=O)O)C(C)(C)C. The van der Waals surface area contributed by atoms with Gasteiger partial charge in [0.1, 0.15) is 6.04 Å². The lowest BCUT2D eigenvalue weighted by molar-refractivity contribution is -0.162. The van der Waals surface area contributed by atoms with E-state index in [4.69, 9.17) is 5.11 Å². The predicted octanol–water partition coefficient (Wildman–Crippen LogP) is 2.17. The van der Waals surface area contributed by atoms with Gasteiger partial charge in [0.15, 0.2) is 0 Å². The molecule has 112 valence electrons. The predicted molar refractivity (Wildman–Crippen MR) is 62.8 cm³/mol. The minimum Gasteiger partial charge on any atom is -0.465 e. The van der Waals surface area contributed by atoms with Gasteiger partial charge < -0.3 is 10.0 Å². The van der Waals surface area contributed by atoms with Gasteiger partial charge in [0.25, 0.3) is 0 Å². The number of alkyl halides is 3. The van der Waals surface area contributed by atoms with Crippen LogP contribution in [0.5, 0.6) is 0 Å². The third-order valence-electron chi connectivity index (χ3n) is 2.39. The second-order valence-electron chi connectivity index (χ2n) is 5.39. The summed E-state index contributed by atoms with van der Waals surface area (Å²) in [5, 5.41) is 9.09. The first kappa shape index (κ1) is 17.5. The number of halogens is 3. The zero-order valence-corrected chi connectivity index (χ0v) is 11.6. The van der Waals surface area contributed by atoms with Gasteiger partial charge in [0.2, 0.25) is 5.91 Å². The summed E-state index contributed by atoms with van der Waals surface area (Å²) in [6.07, 6.45) is -7.69. The molecule has 0 aromatic carbocycles. The van der Waals surface area contributed by atoms with Gasteiger partial charge in [0, 0.05) is 19.6 Å². The molecule has 0 radical (unpaired) electrons. The minimum absolute atomic E-state index is 0.544. The number of rotatable bonds is 3. The Morgan fingerprint density at radius 3 is 1.79 bits per heavy atom. The van der Waals surface area contributed by atoms with E-state index in [0.717, 1.165) is 4.90 Å². The molecule has 1 atom stereocenters. The molecule has 5 nitrogen and oxygen atoms in total. The first-order valence-electron chi connectivity index (χ1n) is 5.57. The highest BCUT2D eigenvalue weighted by Crippen LogP contribution is 2.28. The fraction of sp³-hybridized carbons (Fsp3) is 0.818. The second-order valence-corrected chi connectivity index (χ2v) is 5.39. The Hall–Kier alpha value is -1.47. The third-order valence-corrected chi connectivity index (χ3v) is 2.39. The summed E-state index contributed by atoms with van der Waals surface area (Å²) in [6.45, 7) is 4.31. The zero-order chi connectivity index (χ0) is 15.6. The molecule has 0 aliphatic heterocycles. The van der Waals surface area contributed by atoms with Crippen molar-refractivity contribution in [1.29, 1.82) is 0 Å². The van der Waals surface area contributed by atoms with Gasteiger partial charge in [-0.1, -0.05) is 0 Å². The van der Waals surface area contributed by atoms with Crippen molar-refractivity contribution in [2.45, 2.75) is 44.9 Å². The molecule has 0 aromatic rings. The maximum Gasteiger partial charge on any atom is 0.408 e. The van der Waals surface area contributed by atoms with E-state index in [2.05, 4.69) is 0 Å². The number of hydrogen-bond acceptors (Lipinski definition) is 2. The second kappa shape index (κ2) is 5.66. The molecule has 0 rings (SSSR count). The standard InChI is InChI=1S/C11H19F3N2O3/c1-10(2,3)16(9(18)19)7(6-11(12,13)14)8(17)15(4)5/h7H,6H2,1-5H3,(H,18,19). The molecule has 2 amide bonds. The fourth-order valence-corrected chi connectivity index (χ4v) is 1.69. The van der Waals surface area contributed by atoms with Crippen molar-refractivity contribution in [3.8, 4) is 0 Å². The summed E-state index contributed by atoms with van der Waals surface area (Å²) >= 11 is 0. The van der Waals surface area contributed by atoms with Crippen molar-refractivity contribution in [1.82, 2.24) is 9.80 Å². The van der Waals surface area contributed by atoms with Gasteiger partial charge in [-0.05, 0) is 20.8 Å². The first-order chi connectivity index (χ1) is 8.27. The van der Waals surface area contributed by atoms with Gasteiger partial charge in [-0.2, -0.15) is 13.2 Å². The Kier molecular flexibility index (Phi) is 5.23. The molecule has 19 heavy (non-hydrogen) atoms. The summed E-state index contributed by atoms with van der Waals surface area (Å²) in [4.78, 5) is 24.5. The Bertz CT molecular complexity index is 348. The first-order valence-corrected chi connectivity index (χ1v) is 5.57. The van der Waals surface area contributed by atoms with Gasteiger partial charge >= 0.3 is 12.3 Å². The summed E-state index contributed by atoms with van der Waals surface area (Å²) < 4.78 is 37.7. The van der Waals surface area contributed by atoms with Crippen LogP contribution >= 0.6 is 0 Å². The molecule has 0 saturated carbocycles. The molecule has 0 bridgehead atoms. The summed E-state index contributed by atoms with van der Waals surface area (Å²) in [5.41, 5.74) is -1.12. The topological polar surface area (TPSA) is 60.9 Å². The van der Waals surface area contributed by atoms with E-state index in [9.17, 15) is 22.8 Å². The smallest absolute Gasteiger partial charge is 0.408 e. The van der Waals surface area contributed by atoms with Gasteiger partial charge in [-0.3, -0.25) is 9.69 Å². The Labute approximate surface area is 110 Å². The number of nitrogens with zero attached hydrogens (tertiary/aromatic N) is 2. The van der Waals surface area contributed by atoms with E-state index in [0.29, 0.717) is 4.90 Å². The molecule has 0 saturated heterocycles. The summed E-state index contributed by atoms with van der Waals surface area (Å²) in [7, 11) is 2.57. The molecule has 0 heterocycles. The van der Waals surface area contributed by atoms with Crippen molar-refractivity contribution in [3.63, 3.8) is 0 Å². The van der Waals surface area contributed by atoms with Crippen LogP contribution in [0.15, 0.2) is 0 Å². The fourth-order valence-electron chi connectivity index (χ4n) is 1.69. The van der Waals surface area contributed by atoms with Crippen molar-refractivity contribution in [3.05, 3.63) is 0 Å². The minimum atomic E-state index is -4.63. The van der Waals surface area contributed by atoms with E-state index >= 15 is 0 Å². The number of carbonyl (C=O) groups excluding carboxylic acids is 1. The number of hydrogen-bond donors (Lipinski definition) is 1. The molecular weight excluding hydrogens is 265 g/mol. The van der Waals surface area contributed by atoms with Crippen molar-refractivity contribution >= 4 is 12.0 Å². The van der Waals surface area contributed by atoms with Crippen LogP contribution in [0.4, 0.5) is 18.0 Å². The lowest BCUT2D eigenvalue weighted by Gasteiger charge is -2.39. The molecule has 1 unspecified atom stereocenters. The van der Waals surface area contributed by atoms with Gasteiger partial charge in [-0.25, -0.2) is 4.79 Å². The molecule has 8 heteroatoms. The molecule has 0 aromatic heterocycles. The molecule has 0 aliphatic rings. The van der Waals surface area contributed by atoms with Crippen LogP contribution in [0.3, 0.4) is 0 Å². The Balaban J connectivity index is 5.54. The maximum absolute atomic E-state index is 12.6. The third kappa shape index (κ3) is 5.35. The van der Waals surface area contributed by atoms with Crippen LogP contribution in [-0.4, -0.2) is 58.8 Å². The van der Waals surface area contributed by atoms with Crippen LogP contribution in [0.1, 0.15) is 27.2 Å². The summed E-state index contributed by atoms with van der Waals surface area (Å²) in [6, 6.07) is -1.78. The lowest BCUT2D eigenvalue weighted by atomic mass is 10.0. The van der Waals surface area contributed by atoms with Crippen LogP contribution in [-0.2, 0) is 4.79 Å². The highest BCUT2D eigenvalue weighted by atomic mass is 19.4. The quantitative estimate of drug-likeness (QED) is 0.864. The van der Waals surface area contributed by atoms with Crippen LogP contribution in [0.25, 0.3) is 0 Å². The number of carbonyl (C=O) groups is 2. The normalized spacial score (nSPS) is 13.9. The molecule has 0 aliphatic carbocycles. The van der Waals surface area contributed by atoms with E-state index in [-0.39, 0.29) is 0 Å². The van der Waals surface area contributed by atoms with Crippen molar-refractivity contribution in [2.24, 2.45) is 0 Å². The van der Waals surface area contributed by atoms with Crippen LogP contribution < -0.4 is 0 Å². The Morgan fingerprint density at radius 2 is 1.58 bits per heavy atom. The summed E-state index contributed by atoms with van der Waals surface area (Å²) in [5.74, 6) is -0.894. The number of amides is 2. The van der Waals surface area contributed by atoms with Crippen LogP contribution in [0.2, 0.25) is 0 Å². The highest BCUT2D eigenvalue weighted by molar-refractivity contribution is 5.85.